The predicted octanol–water partition coefficient (Wildman–Crippen LogP) is 4.73. The molecule has 12 heteroatoms. The van der Waals surface area contributed by atoms with Crippen molar-refractivity contribution in [2.75, 3.05) is 18.5 Å². The number of amides is 2. The van der Waals surface area contributed by atoms with Crippen molar-refractivity contribution in [3.63, 3.8) is 0 Å². The first-order valence-corrected chi connectivity index (χ1v) is 14.2. The van der Waals surface area contributed by atoms with Gasteiger partial charge in [-0.25, -0.2) is 9.37 Å². The highest BCUT2D eigenvalue weighted by Crippen LogP contribution is 2.46. The second-order valence-electron chi connectivity index (χ2n) is 11.5. The Morgan fingerprint density at radius 3 is 2.64 bits per heavy atom. The van der Waals surface area contributed by atoms with Gasteiger partial charge in [-0.15, -0.1) is 0 Å². The molecule has 4 aromatic rings. The number of benzene rings is 2. The van der Waals surface area contributed by atoms with E-state index in [0.717, 1.165) is 0 Å². The van der Waals surface area contributed by atoms with E-state index in [-0.39, 0.29) is 37.5 Å². The lowest BCUT2D eigenvalue weighted by molar-refractivity contribution is -0.123. The smallest absolute Gasteiger partial charge is 0.255 e. The van der Waals surface area contributed by atoms with Crippen LogP contribution in [0.3, 0.4) is 0 Å². The number of primary amides is 1. The van der Waals surface area contributed by atoms with Crippen molar-refractivity contribution < 1.29 is 28.6 Å². The number of aliphatic hydroxyl groups is 1. The summed E-state index contributed by atoms with van der Waals surface area (Å²) < 4.78 is 19.6. The summed E-state index contributed by atoms with van der Waals surface area (Å²) in [7, 11) is 0. The number of pyridine rings is 2. The monoisotopic (exact) mass is 608 g/mol. The Balaban J connectivity index is 1.30. The minimum absolute atomic E-state index is 0.0197. The first kappa shape index (κ1) is 29.7. The summed E-state index contributed by atoms with van der Waals surface area (Å²) in [6.07, 6.45) is 2.86. The fourth-order valence-corrected chi connectivity index (χ4v) is 5.35. The number of nitrogens with one attached hydrogen (secondary N) is 1. The van der Waals surface area contributed by atoms with E-state index in [1.54, 1.807) is 43.5 Å². The summed E-state index contributed by atoms with van der Waals surface area (Å²) in [5, 5.41) is 22.7. The molecule has 4 heterocycles. The molecule has 2 aromatic heterocycles. The number of fused-ring (bicyclic) bond motifs is 2. The maximum Gasteiger partial charge on any atom is 0.255 e. The third kappa shape index (κ3) is 5.55. The number of hydrogen-bond donors (Lipinski definition) is 3. The van der Waals surface area contributed by atoms with Gasteiger partial charge in [-0.05, 0) is 68.8 Å². The number of carbonyl (C=O) groups excluding carboxylic acids is 3. The van der Waals surface area contributed by atoms with E-state index in [0.29, 0.717) is 50.3 Å². The lowest BCUT2D eigenvalue weighted by atomic mass is 9.81. The number of halogens is 1. The van der Waals surface area contributed by atoms with Gasteiger partial charge < -0.3 is 20.9 Å². The van der Waals surface area contributed by atoms with Gasteiger partial charge in [0.1, 0.15) is 34.9 Å². The van der Waals surface area contributed by atoms with E-state index in [1.807, 2.05) is 0 Å². The van der Waals surface area contributed by atoms with E-state index in [4.69, 9.17) is 10.5 Å². The van der Waals surface area contributed by atoms with Crippen molar-refractivity contribution in [1.82, 2.24) is 9.97 Å². The van der Waals surface area contributed by atoms with Crippen LogP contribution in [-0.4, -0.2) is 45.8 Å². The van der Waals surface area contributed by atoms with Crippen molar-refractivity contribution in [2.24, 2.45) is 16.0 Å². The van der Waals surface area contributed by atoms with Crippen LogP contribution in [-0.2, 0) is 20.6 Å². The van der Waals surface area contributed by atoms with E-state index >= 15 is 0 Å². The molecule has 0 aliphatic carbocycles. The molecule has 228 valence electrons. The second-order valence-corrected chi connectivity index (χ2v) is 11.5. The first-order chi connectivity index (χ1) is 21.5. The minimum Gasteiger partial charge on any atom is -0.489 e. The molecule has 11 nitrogen and oxygen atoms in total. The number of anilines is 1. The van der Waals surface area contributed by atoms with E-state index < -0.39 is 28.6 Å². The van der Waals surface area contributed by atoms with E-state index in [2.05, 4.69) is 25.5 Å². The lowest BCUT2D eigenvalue weighted by Gasteiger charge is -2.26. The van der Waals surface area contributed by atoms with Gasteiger partial charge in [-0.3, -0.25) is 19.4 Å². The molecule has 45 heavy (non-hydrogen) atoms. The van der Waals surface area contributed by atoms with Gasteiger partial charge in [0.15, 0.2) is 5.78 Å². The van der Waals surface area contributed by atoms with E-state index in [9.17, 15) is 23.9 Å². The van der Waals surface area contributed by atoms with Crippen LogP contribution in [0.1, 0.15) is 48.3 Å². The number of ether oxygens (including phenoxy) is 1. The maximum atomic E-state index is 13.7. The molecule has 2 aliphatic heterocycles. The van der Waals surface area contributed by atoms with Gasteiger partial charge in [-0.1, -0.05) is 6.07 Å². The van der Waals surface area contributed by atoms with Crippen LogP contribution >= 0.6 is 0 Å². The molecular formula is C33H29FN6O5. The number of nitrogens with two attached hydrogens (primary N) is 1. The molecule has 0 fully saturated rings. The summed E-state index contributed by atoms with van der Waals surface area (Å²) in [6.45, 7) is 3.32. The van der Waals surface area contributed by atoms with Crippen LogP contribution in [0.4, 0.5) is 10.1 Å². The number of Topliss-reactive ketones (excluding diaryl/α,β-unsaturated/α-hetero) is 1. The molecule has 2 aliphatic rings. The second kappa shape index (κ2) is 11.3. The molecule has 2 atom stereocenters. The third-order valence-corrected chi connectivity index (χ3v) is 8.23. The Bertz CT molecular complexity index is 1940. The molecule has 2 aromatic carbocycles. The van der Waals surface area contributed by atoms with Gasteiger partial charge in [-0.2, -0.15) is 10.2 Å². The Morgan fingerprint density at radius 1 is 1.16 bits per heavy atom. The molecule has 0 saturated carbocycles. The Labute approximate surface area is 257 Å². The van der Waals surface area contributed by atoms with Crippen molar-refractivity contribution >= 4 is 34.2 Å². The first-order valence-electron chi connectivity index (χ1n) is 14.2. The van der Waals surface area contributed by atoms with E-state index in [1.165, 1.54) is 37.4 Å². The number of carbonyl (C=O) groups is 3. The molecule has 0 spiro atoms. The molecule has 6 rings (SSSR count). The molecule has 4 N–H and O–H groups in total. The average molecular weight is 609 g/mol. The molecule has 0 radical (unpaired) electrons. The summed E-state index contributed by atoms with van der Waals surface area (Å²) in [4.78, 5) is 47.8. The molecular weight excluding hydrogens is 579 g/mol. The Hall–Kier alpha value is -5.36. The summed E-state index contributed by atoms with van der Waals surface area (Å²) >= 11 is 0. The number of aromatic nitrogens is 2. The summed E-state index contributed by atoms with van der Waals surface area (Å²) in [5.41, 5.74) is 5.99. The highest BCUT2D eigenvalue weighted by molar-refractivity contribution is 6.10. The molecule has 0 saturated heterocycles. The lowest BCUT2D eigenvalue weighted by Crippen LogP contribution is -2.40. The van der Waals surface area contributed by atoms with Gasteiger partial charge in [0.25, 0.3) is 5.91 Å². The van der Waals surface area contributed by atoms with Crippen molar-refractivity contribution in [2.45, 2.75) is 37.7 Å². The highest BCUT2D eigenvalue weighted by Gasteiger charge is 2.45. The van der Waals surface area contributed by atoms with Crippen LogP contribution in [0.5, 0.6) is 5.75 Å². The fraction of sp³-hybridized carbons (Fsp3) is 0.242. The number of azo groups is 1. The van der Waals surface area contributed by atoms with Crippen LogP contribution in [0, 0.1) is 5.82 Å². The third-order valence-electron chi connectivity index (χ3n) is 8.23. The van der Waals surface area contributed by atoms with Crippen molar-refractivity contribution in [3.05, 3.63) is 95.2 Å². The topological polar surface area (TPSA) is 169 Å². The fourth-order valence-electron chi connectivity index (χ4n) is 5.35. The zero-order chi connectivity index (χ0) is 31.9. The van der Waals surface area contributed by atoms with Gasteiger partial charge in [0, 0.05) is 34.7 Å². The van der Waals surface area contributed by atoms with Crippen LogP contribution in [0.2, 0.25) is 0 Å². The molecule has 2 amide bonds. The van der Waals surface area contributed by atoms with Crippen molar-refractivity contribution in [3.8, 4) is 17.0 Å². The molecule has 0 unspecified atom stereocenters. The van der Waals surface area contributed by atoms with Crippen LogP contribution in [0.15, 0.2) is 82.8 Å². The number of ketones is 1. The Kier molecular flexibility index (Phi) is 7.45. The standard InChI is InChI=1S/C33H29FN6O5/c1-32(31(35)43)17-45-29-23(32)14-26(40-28(29)18-5-7-22(34)8-6-18)33(2,44)10-9-25(41)20-12-19-4-3-11-36-27(19)24(13-20)39-30(42)21-15-37-38-16-21/h3-8,11-15,44H,9-10,16-17H2,1-2H3,(H2,35,43)(H,39,42)/t32-,33-/m0/s1. The normalized spacial score (nSPS) is 18.2. The maximum absolute atomic E-state index is 13.7. The average Bonchev–Trinajstić information content (AvgIpc) is 3.69. The summed E-state index contributed by atoms with van der Waals surface area (Å²) in [6, 6.07) is 14.0. The largest absolute Gasteiger partial charge is 0.489 e. The Morgan fingerprint density at radius 2 is 1.93 bits per heavy atom. The van der Waals surface area contributed by atoms with Crippen molar-refractivity contribution in [1.29, 1.82) is 0 Å². The zero-order valence-electron chi connectivity index (χ0n) is 24.5. The summed E-state index contributed by atoms with van der Waals surface area (Å²) in [5.74, 6) is -1.40. The van der Waals surface area contributed by atoms with Gasteiger partial charge >= 0.3 is 0 Å². The highest BCUT2D eigenvalue weighted by atomic mass is 19.1. The van der Waals surface area contributed by atoms with Crippen LogP contribution < -0.4 is 15.8 Å². The number of rotatable bonds is 9. The minimum atomic E-state index is -1.63. The zero-order valence-corrected chi connectivity index (χ0v) is 24.5. The SMILES string of the molecule is C[C@](O)(CCC(=O)c1cc(NC(=O)C2=CN=NC2)c2ncccc2c1)c1cc2c(c(-c3ccc(F)cc3)n1)OC[C@]2(C)C(N)=O. The number of nitrogens with zero attached hydrogens (tertiary/aromatic N) is 4. The van der Waals surface area contributed by atoms with Gasteiger partial charge in [0.2, 0.25) is 5.91 Å². The predicted molar refractivity (Wildman–Crippen MR) is 163 cm³/mol. The quantitative estimate of drug-likeness (QED) is 0.231. The number of hydrogen-bond acceptors (Lipinski definition) is 9. The van der Waals surface area contributed by atoms with Gasteiger partial charge in [0.05, 0.1) is 35.2 Å². The molecule has 0 bridgehead atoms. The van der Waals surface area contributed by atoms with Crippen LogP contribution in [0.25, 0.3) is 22.2 Å².